The number of hydrazone groups is 1. The molecule has 0 atom stereocenters. The molecule has 16 heavy (non-hydrogen) atoms. The van der Waals surface area contributed by atoms with Crippen LogP contribution in [0.3, 0.4) is 0 Å². The summed E-state index contributed by atoms with van der Waals surface area (Å²) < 4.78 is 23.2. The van der Waals surface area contributed by atoms with Crippen LogP contribution in [0.2, 0.25) is 0 Å². The number of halogens is 2. The first kappa shape index (κ1) is 13.3. The maximum atomic E-state index is 11.6. The van der Waals surface area contributed by atoms with Gasteiger partial charge in [0.2, 0.25) is 0 Å². The zero-order valence-corrected chi connectivity index (χ0v) is 10.7. The van der Waals surface area contributed by atoms with Gasteiger partial charge in [0.25, 0.3) is 10.0 Å². The summed E-state index contributed by atoms with van der Waals surface area (Å²) in [6.45, 7) is 1.87. The van der Waals surface area contributed by atoms with Crippen LogP contribution in [-0.4, -0.2) is 19.5 Å². The van der Waals surface area contributed by atoms with Crippen LogP contribution in [0.15, 0.2) is 34.3 Å². The standard InChI is InChI=1S/C9H10Cl2N2O2S/c1-7-2-4-8(5-3-7)16(14,15)13-12-6-9(10)11/h2-6,9,13H,1H3/b12-6+. The lowest BCUT2D eigenvalue weighted by molar-refractivity contribution is 0.584. The van der Waals surface area contributed by atoms with Crippen LogP contribution in [-0.2, 0) is 10.0 Å². The highest BCUT2D eigenvalue weighted by atomic mass is 35.5. The number of aryl methyl sites for hydroxylation is 1. The van der Waals surface area contributed by atoms with E-state index in [0.29, 0.717) is 0 Å². The molecule has 0 amide bonds. The van der Waals surface area contributed by atoms with Crippen LogP contribution >= 0.6 is 23.2 Å². The van der Waals surface area contributed by atoms with Crippen molar-refractivity contribution >= 4 is 39.4 Å². The summed E-state index contributed by atoms with van der Waals surface area (Å²) in [4.78, 5) is 1.29. The highest BCUT2D eigenvalue weighted by Gasteiger charge is 2.11. The number of sulfonamides is 1. The molecule has 1 rings (SSSR count). The van der Waals surface area contributed by atoms with Crippen LogP contribution in [0, 0.1) is 6.92 Å². The van der Waals surface area contributed by atoms with Gasteiger partial charge < -0.3 is 0 Å². The Hall–Kier alpha value is -0.780. The van der Waals surface area contributed by atoms with Crippen LogP contribution in [0.4, 0.5) is 0 Å². The van der Waals surface area contributed by atoms with Gasteiger partial charge in [0.05, 0.1) is 11.1 Å². The normalized spacial score (nSPS) is 12.2. The molecule has 88 valence electrons. The molecular weight excluding hydrogens is 271 g/mol. The Balaban J connectivity index is 2.82. The van der Waals surface area contributed by atoms with Crippen molar-refractivity contribution in [2.24, 2.45) is 5.10 Å². The third-order valence-electron chi connectivity index (χ3n) is 1.69. The van der Waals surface area contributed by atoms with E-state index >= 15 is 0 Å². The average molecular weight is 281 g/mol. The third kappa shape index (κ3) is 4.00. The van der Waals surface area contributed by atoms with Gasteiger partial charge in [0, 0.05) is 0 Å². The van der Waals surface area contributed by atoms with Gasteiger partial charge in [-0.15, -0.1) is 0 Å². The molecule has 0 radical (unpaired) electrons. The van der Waals surface area contributed by atoms with Crippen LogP contribution < -0.4 is 4.83 Å². The van der Waals surface area contributed by atoms with E-state index in [1.807, 2.05) is 11.8 Å². The molecule has 0 unspecified atom stereocenters. The molecule has 0 aliphatic carbocycles. The van der Waals surface area contributed by atoms with Crippen molar-refractivity contribution in [1.82, 2.24) is 4.83 Å². The van der Waals surface area contributed by atoms with Crippen LogP contribution in [0.1, 0.15) is 5.56 Å². The highest BCUT2D eigenvalue weighted by molar-refractivity contribution is 7.89. The van der Waals surface area contributed by atoms with E-state index in [0.717, 1.165) is 11.8 Å². The molecule has 0 saturated heterocycles. The lowest BCUT2D eigenvalue weighted by Gasteiger charge is -2.03. The summed E-state index contributed by atoms with van der Waals surface area (Å²) >= 11 is 10.7. The predicted octanol–water partition coefficient (Wildman–Crippen LogP) is 2.06. The topological polar surface area (TPSA) is 58.5 Å². The van der Waals surface area contributed by atoms with Crippen LogP contribution in [0.5, 0.6) is 0 Å². The first-order valence-corrected chi connectivity index (χ1v) is 6.67. The van der Waals surface area contributed by atoms with Gasteiger partial charge in [0.1, 0.15) is 4.84 Å². The summed E-state index contributed by atoms with van der Waals surface area (Å²) in [5, 5.41) is 3.41. The van der Waals surface area contributed by atoms with E-state index in [-0.39, 0.29) is 4.90 Å². The molecule has 0 aliphatic rings. The molecule has 0 spiro atoms. The minimum absolute atomic E-state index is 0.135. The molecule has 4 nitrogen and oxygen atoms in total. The molecule has 1 aromatic rings. The Labute approximate surface area is 104 Å². The Kier molecular flexibility index (Phi) is 4.58. The fraction of sp³-hybridized carbons (Fsp3) is 0.222. The van der Waals surface area contributed by atoms with Gasteiger partial charge in [-0.2, -0.15) is 13.5 Å². The lowest BCUT2D eigenvalue weighted by atomic mass is 10.2. The maximum Gasteiger partial charge on any atom is 0.276 e. The van der Waals surface area contributed by atoms with Gasteiger partial charge in [-0.1, -0.05) is 40.9 Å². The van der Waals surface area contributed by atoms with Crippen LogP contribution in [0.25, 0.3) is 0 Å². The lowest BCUT2D eigenvalue weighted by Crippen LogP contribution is -2.18. The quantitative estimate of drug-likeness (QED) is 0.521. The van der Waals surface area contributed by atoms with E-state index in [1.165, 1.54) is 12.1 Å². The molecule has 0 saturated carbocycles. The number of hydrogen-bond donors (Lipinski definition) is 1. The molecule has 7 heteroatoms. The Morgan fingerprint density at radius 3 is 2.38 bits per heavy atom. The minimum atomic E-state index is -3.64. The minimum Gasteiger partial charge on any atom is -0.200 e. The third-order valence-corrected chi connectivity index (χ3v) is 3.16. The number of alkyl halides is 2. The fourth-order valence-electron chi connectivity index (χ4n) is 0.926. The van der Waals surface area contributed by atoms with Crippen molar-refractivity contribution in [2.45, 2.75) is 16.7 Å². The van der Waals surface area contributed by atoms with Gasteiger partial charge in [-0.3, -0.25) is 0 Å². The first-order valence-electron chi connectivity index (χ1n) is 4.31. The van der Waals surface area contributed by atoms with E-state index in [2.05, 4.69) is 5.10 Å². The molecule has 1 aromatic carbocycles. The summed E-state index contributed by atoms with van der Waals surface area (Å²) in [7, 11) is -3.64. The van der Waals surface area contributed by atoms with Gasteiger partial charge in [-0.25, -0.2) is 4.83 Å². The number of benzene rings is 1. The number of nitrogens with one attached hydrogen (secondary N) is 1. The Bertz CT molecular complexity index is 469. The second kappa shape index (κ2) is 5.52. The summed E-state index contributed by atoms with van der Waals surface area (Å²) in [5.41, 5.74) is 0.976. The molecule has 0 heterocycles. The second-order valence-corrected chi connectivity index (χ2v) is 5.85. The number of hydrogen-bond acceptors (Lipinski definition) is 3. The number of nitrogens with zero attached hydrogens (tertiary/aromatic N) is 1. The summed E-state index contributed by atoms with van der Waals surface area (Å²) in [6.07, 6.45) is 1.08. The van der Waals surface area contributed by atoms with Gasteiger partial charge in [-0.05, 0) is 19.1 Å². The zero-order valence-electron chi connectivity index (χ0n) is 8.39. The second-order valence-electron chi connectivity index (χ2n) is 3.02. The Morgan fingerprint density at radius 1 is 1.31 bits per heavy atom. The smallest absolute Gasteiger partial charge is 0.200 e. The summed E-state index contributed by atoms with van der Waals surface area (Å²) in [6, 6.07) is 6.38. The number of rotatable bonds is 4. The van der Waals surface area contributed by atoms with Crippen molar-refractivity contribution in [3.05, 3.63) is 29.8 Å². The maximum absolute atomic E-state index is 11.6. The zero-order chi connectivity index (χ0) is 12.2. The Morgan fingerprint density at radius 2 is 1.88 bits per heavy atom. The van der Waals surface area contributed by atoms with Crippen molar-refractivity contribution in [3.63, 3.8) is 0 Å². The van der Waals surface area contributed by atoms with Crippen molar-refractivity contribution < 1.29 is 8.42 Å². The molecule has 1 N–H and O–H groups in total. The molecule has 0 aromatic heterocycles. The molecule has 0 bridgehead atoms. The van der Waals surface area contributed by atoms with Gasteiger partial charge in [0.15, 0.2) is 0 Å². The SMILES string of the molecule is Cc1ccc(S(=O)(=O)N/N=C/C(Cl)Cl)cc1. The molecule has 0 fully saturated rings. The van der Waals surface area contributed by atoms with E-state index in [1.54, 1.807) is 12.1 Å². The first-order chi connectivity index (χ1) is 7.42. The average Bonchev–Trinajstić information content (AvgIpc) is 2.17. The van der Waals surface area contributed by atoms with Gasteiger partial charge >= 0.3 is 0 Å². The molecule has 0 aliphatic heterocycles. The predicted molar refractivity (Wildman–Crippen MR) is 65.5 cm³/mol. The van der Waals surface area contributed by atoms with Crippen molar-refractivity contribution in [2.75, 3.05) is 0 Å². The highest BCUT2D eigenvalue weighted by Crippen LogP contribution is 2.09. The van der Waals surface area contributed by atoms with Crippen molar-refractivity contribution in [1.29, 1.82) is 0 Å². The van der Waals surface area contributed by atoms with E-state index in [9.17, 15) is 8.42 Å². The van der Waals surface area contributed by atoms with E-state index < -0.39 is 14.9 Å². The largest absolute Gasteiger partial charge is 0.276 e. The fourth-order valence-corrected chi connectivity index (χ4v) is 1.84. The van der Waals surface area contributed by atoms with E-state index in [4.69, 9.17) is 23.2 Å². The monoisotopic (exact) mass is 280 g/mol. The van der Waals surface area contributed by atoms with Crippen molar-refractivity contribution in [3.8, 4) is 0 Å². The molecular formula is C9H10Cl2N2O2S. The summed E-state index contributed by atoms with van der Waals surface area (Å²) in [5.74, 6) is 0.